The summed E-state index contributed by atoms with van der Waals surface area (Å²) in [6.45, 7) is -1.15. The summed E-state index contributed by atoms with van der Waals surface area (Å²) in [6, 6.07) is 0. The van der Waals surface area contributed by atoms with Gasteiger partial charge in [-0.1, -0.05) is 5.92 Å². The number of rotatable bonds is 8. The molecule has 180 valence electrons. The Morgan fingerprint density at radius 3 is 2.44 bits per heavy atom. The third-order valence-electron chi connectivity index (χ3n) is 3.72. The average Bonchev–Trinajstić information content (AvgIpc) is 2.85. The normalized spacial score (nSPS) is 29.8. The van der Waals surface area contributed by atoms with Crippen molar-refractivity contribution in [2.45, 2.75) is 24.0 Å². The van der Waals surface area contributed by atoms with E-state index in [1.165, 1.54) is 0 Å². The van der Waals surface area contributed by atoms with Crippen molar-refractivity contribution in [2.24, 2.45) is 0 Å². The van der Waals surface area contributed by atoms with Gasteiger partial charge in [0.1, 0.15) is 12.2 Å². The number of phosphoric acid groups is 3. The van der Waals surface area contributed by atoms with Crippen molar-refractivity contribution < 1.29 is 65.8 Å². The number of hydrogen-bond donors (Lipinski definition) is 7. The molecule has 32 heavy (non-hydrogen) atoms. The lowest BCUT2D eigenvalue weighted by Gasteiger charge is -2.27. The van der Waals surface area contributed by atoms with Crippen LogP contribution in [0.1, 0.15) is 6.23 Å². The predicted octanol–water partition coefficient (Wildman–Crippen LogP) is -0.700. The van der Waals surface area contributed by atoms with Gasteiger partial charge >= 0.3 is 23.5 Å². The van der Waals surface area contributed by atoms with Gasteiger partial charge < -0.3 is 40.3 Å². The highest BCUT2D eigenvalue weighted by Crippen LogP contribution is 2.66. The smallest absolute Gasteiger partial charge is 0.386 e. The Hall–Kier alpha value is -1.12. The molecule has 2 rings (SSSR count). The van der Waals surface area contributed by atoms with Crippen LogP contribution < -0.4 is 5.73 Å². The minimum atomic E-state index is -5.79. The molecule has 6 atom stereocenters. The summed E-state index contributed by atoms with van der Waals surface area (Å²) in [5.74, 6) is 0.139. The number of halogens is 1. The van der Waals surface area contributed by atoms with E-state index < -0.39 is 70.5 Å². The van der Waals surface area contributed by atoms with E-state index in [0.717, 1.165) is 0 Å². The van der Waals surface area contributed by atoms with Gasteiger partial charge in [0.05, 0.1) is 6.61 Å². The Balaban J connectivity index is 2.22. The van der Waals surface area contributed by atoms with Crippen LogP contribution in [0.15, 0.2) is 6.20 Å². The summed E-state index contributed by atoms with van der Waals surface area (Å²) >= 11 is 4.88. The summed E-state index contributed by atoms with van der Waals surface area (Å²) in [6.07, 6.45) is 0.292. The number of nitrogens with two attached hydrogens (primary N) is 1. The van der Waals surface area contributed by atoms with E-state index >= 15 is 0 Å². The van der Waals surface area contributed by atoms with Crippen molar-refractivity contribution >= 4 is 41.5 Å². The van der Waals surface area contributed by atoms with E-state index in [1.807, 2.05) is 5.92 Å². The highest BCUT2D eigenvalue weighted by atomic mass is 32.1. The van der Waals surface area contributed by atoms with Crippen LogP contribution in [0.3, 0.4) is 0 Å². The van der Waals surface area contributed by atoms with E-state index in [2.05, 4.69) is 18.1 Å². The standard InChI is InChI=1S/C11H15FN3O13P3S/c1-2-11(17)7(16)6(26-9(11)15-3-5(12)8(13)14-10(15)32)4-25-30(21,22)28-31(23,24)27-29(18,19)20/h1,3,6-7,9,16-17H,4H2,(H,21,22)(H,23,24)(H2,13,14,32)(H2,18,19,20). The summed E-state index contributed by atoms with van der Waals surface area (Å²) in [4.78, 5) is 39.1. The van der Waals surface area contributed by atoms with Gasteiger partial charge in [-0.3, -0.25) is 9.09 Å². The Kier molecular flexibility index (Phi) is 7.85. The van der Waals surface area contributed by atoms with E-state index in [-0.39, 0.29) is 0 Å². The largest absolute Gasteiger partial charge is 0.490 e. The van der Waals surface area contributed by atoms with Gasteiger partial charge in [-0.25, -0.2) is 18.1 Å². The lowest BCUT2D eigenvalue weighted by molar-refractivity contribution is -0.0754. The quantitative estimate of drug-likeness (QED) is 0.122. The maximum absolute atomic E-state index is 13.8. The van der Waals surface area contributed by atoms with Gasteiger partial charge in [0.15, 0.2) is 23.5 Å². The highest BCUT2D eigenvalue weighted by molar-refractivity contribution is 7.71. The molecule has 8 N–H and O–H groups in total. The summed E-state index contributed by atoms with van der Waals surface area (Å²) in [7, 11) is -17.0. The number of aliphatic hydroxyl groups is 2. The molecule has 0 spiro atoms. The molecule has 1 saturated heterocycles. The first-order chi connectivity index (χ1) is 14.4. The topological polar surface area (TPSA) is 253 Å². The molecule has 0 saturated carbocycles. The molecule has 0 amide bonds. The van der Waals surface area contributed by atoms with Crippen LogP contribution in [0.4, 0.5) is 10.2 Å². The molecule has 2 heterocycles. The van der Waals surface area contributed by atoms with Crippen molar-refractivity contribution in [3.63, 3.8) is 0 Å². The number of hydrogen-bond acceptors (Lipinski definition) is 12. The van der Waals surface area contributed by atoms with Crippen LogP contribution in [-0.4, -0.2) is 63.8 Å². The number of anilines is 1. The van der Waals surface area contributed by atoms with Crippen LogP contribution in [-0.2, 0) is 31.6 Å². The Morgan fingerprint density at radius 2 is 1.91 bits per heavy atom. The number of aromatic nitrogens is 2. The van der Waals surface area contributed by atoms with Gasteiger partial charge in [-0.15, -0.1) is 6.42 Å². The highest BCUT2D eigenvalue weighted by Gasteiger charge is 2.56. The second kappa shape index (κ2) is 9.26. The van der Waals surface area contributed by atoms with Crippen molar-refractivity contribution in [3.05, 3.63) is 16.8 Å². The molecule has 1 aromatic rings. The Morgan fingerprint density at radius 1 is 1.31 bits per heavy atom. The third-order valence-corrected chi connectivity index (χ3v) is 7.82. The average molecular weight is 541 g/mol. The number of aliphatic hydroxyl groups excluding tert-OH is 1. The van der Waals surface area contributed by atoms with Gasteiger partial charge in [0.25, 0.3) is 0 Å². The van der Waals surface area contributed by atoms with Gasteiger partial charge in [-0.05, 0) is 12.2 Å². The molecule has 1 fully saturated rings. The van der Waals surface area contributed by atoms with Crippen molar-refractivity contribution in [3.8, 4) is 12.3 Å². The van der Waals surface area contributed by atoms with Gasteiger partial charge in [-0.2, -0.15) is 13.6 Å². The molecular weight excluding hydrogens is 526 g/mol. The number of ether oxygens (including phenoxy) is 1. The van der Waals surface area contributed by atoms with Gasteiger partial charge in [0, 0.05) is 6.20 Å². The summed E-state index contributed by atoms with van der Waals surface area (Å²) < 4.78 is 64.5. The maximum Gasteiger partial charge on any atom is 0.490 e. The molecule has 16 nitrogen and oxygen atoms in total. The Bertz CT molecular complexity index is 1140. The fraction of sp³-hybridized carbons (Fsp3) is 0.455. The van der Waals surface area contributed by atoms with Crippen molar-refractivity contribution in [1.29, 1.82) is 0 Å². The zero-order chi connectivity index (χ0) is 24.7. The second-order valence-electron chi connectivity index (χ2n) is 5.99. The van der Waals surface area contributed by atoms with Crippen LogP contribution in [0.5, 0.6) is 0 Å². The predicted molar refractivity (Wildman–Crippen MR) is 101 cm³/mol. The van der Waals surface area contributed by atoms with Gasteiger partial charge in [0.2, 0.25) is 4.77 Å². The molecule has 0 bridgehead atoms. The molecular formula is C11H15FN3O13P3S. The number of nitrogens with zero attached hydrogens (tertiary/aromatic N) is 2. The first-order valence-electron chi connectivity index (χ1n) is 7.77. The zero-order valence-electron chi connectivity index (χ0n) is 15.2. The number of phosphoric ester groups is 1. The van der Waals surface area contributed by atoms with Crippen LogP contribution in [0.2, 0.25) is 0 Å². The van der Waals surface area contributed by atoms with Crippen molar-refractivity contribution in [1.82, 2.24) is 9.55 Å². The molecule has 0 aliphatic carbocycles. The summed E-state index contributed by atoms with van der Waals surface area (Å²) in [5, 5.41) is 20.9. The number of terminal acetylenes is 1. The van der Waals surface area contributed by atoms with E-state index in [0.29, 0.717) is 10.8 Å². The van der Waals surface area contributed by atoms with E-state index in [9.17, 15) is 33.2 Å². The molecule has 1 aromatic heterocycles. The van der Waals surface area contributed by atoms with E-state index in [4.69, 9.17) is 43.8 Å². The maximum atomic E-state index is 13.8. The number of nitrogen functional groups attached to an aromatic ring is 1. The lowest BCUT2D eigenvalue weighted by atomic mass is 9.95. The Labute approximate surface area is 182 Å². The van der Waals surface area contributed by atoms with Crippen molar-refractivity contribution in [2.75, 3.05) is 12.3 Å². The fourth-order valence-electron chi connectivity index (χ4n) is 2.43. The monoisotopic (exact) mass is 541 g/mol. The lowest BCUT2D eigenvalue weighted by Crippen LogP contribution is -2.46. The SMILES string of the molecule is C#CC1(O)C(O)C(COP(=O)(O)OP(=O)(O)OP(=O)(O)O)OC1n1cc(F)c(N)nc1=S. The van der Waals surface area contributed by atoms with Crippen LogP contribution in [0, 0.1) is 22.9 Å². The molecule has 0 radical (unpaired) electrons. The minimum Gasteiger partial charge on any atom is -0.386 e. The van der Waals surface area contributed by atoms with E-state index in [1.54, 1.807) is 0 Å². The molecule has 1 aliphatic rings. The first kappa shape index (κ1) is 27.1. The summed E-state index contributed by atoms with van der Waals surface area (Å²) in [5.41, 5.74) is 2.67. The van der Waals surface area contributed by atoms with Crippen LogP contribution >= 0.6 is 35.7 Å². The zero-order valence-corrected chi connectivity index (χ0v) is 18.7. The fourth-order valence-corrected chi connectivity index (χ4v) is 5.71. The molecule has 21 heteroatoms. The van der Waals surface area contributed by atoms with Crippen LogP contribution in [0.25, 0.3) is 0 Å². The third kappa shape index (κ3) is 6.26. The molecule has 6 unspecified atom stereocenters. The second-order valence-corrected chi connectivity index (χ2v) is 10.8. The molecule has 0 aromatic carbocycles. The molecule has 1 aliphatic heterocycles. The first-order valence-corrected chi connectivity index (χ1v) is 12.7. The minimum absolute atomic E-state index is 0.427.